The highest BCUT2D eigenvalue weighted by molar-refractivity contribution is 5.89. The van der Waals surface area contributed by atoms with Crippen LogP contribution in [-0.2, 0) is 20.7 Å². The van der Waals surface area contributed by atoms with Crippen molar-refractivity contribution in [3.05, 3.63) is 77.9 Å². The number of carboxylic acids is 1. The summed E-state index contributed by atoms with van der Waals surface area (Å²) >= 11 is 0. The maximum absolute atomic E-state index is 12.7. The van der Waals surface area contributed by atoms with E-state index in [4.69, 9.17) is 4.74 Å². The summed E-state index contributed by atoms with van der Waals surface area (Å²) in [6.07, 6.45) is 2.51. The van der Waals surface area contributed by atoms with Crippen LogP contribution >= 0.6 is 0 Å². The van der Waals surface area contributed by atoms with Crippen molar-refractivity contribution < 1.29 is 24.2 Å². The first kappa shape index (κ1) is 23.0. The Morgan fingerprint density at radius 2 is 1.68 bits per heavy atom. The van der Waals surface area contributed by atoms with Gasteiger partial charge >= 0.3 is 12.1 Å². The molecule has 34 heavy (non-hydrogen) atoms. The van der Waals surface area contributed by atoms with E-state index in [2.05, 4.69) is 20.6 Å². The monoisotopic (exact) mass is 462 g/mol. The lowest BCUT2D eigenvalue weighted by molar-refractivity contribution is -0.142. The number of hydrogen-bond donors (Lipinski definition) is 4. The molecule has 1 aromatic heterocycles. The number of nitrogens with one attached hydrogen (secondary N) is 3. The van der Waals surface area contributed by atoms with Gasteiger partial charge in [-0.1, -0.05) is 55.5 Å². The number of imidazole rings is 1. The van der Waals surface area contributed by atoms with Crippen molar-refractivity contribution in [1.29, 1.82) is 0 Å². The Morgan fingerprint density at radius 3 is 2.24 bits per heavy atom. The number of carboxylic acid groups (broad SMARTS) is 1. The summed E-state index contributed by atoms with van der Waals surface area (Å²) in [6, 6.07) is 13.9. The van der Waals surface area contributed by atoms with Crippen LogP contribution in [0.2, 0.25) is 0 Å². The van der Waals surface area contributed by atoms with Crippen molar-refractivity contribution in [3.8, 4) is 11.1 Å². The third-order valence-electron chi connectivity index (χ3n) is 5.95. The number of ether oxygens (including phenoxy) is 1. The Hall–Kier alpha value is -4.14. The highest BCUT2D eigenvalue weighted by Gasteiger charge is 2.30. The SMILES string of the molecule is CCC(NC(=O)OCC1c2ccccc2-c2ccccc21)C(=O)N[C@H](Cc1cnc[nH]1)C(=O)O. The van der Waals surface area contributed by atoms with Gasteiger partial charge in [-0.25, -0.2) is 14.6 Å². The van der Waals surface area contributed by atoms with Crippen LogP contribution in [0.15, 0.2) is 61.1 Å². The van der Waals surface area contributed by atoms with Gasteiger partial charge in [0.2, 0.25) is 5.91 Å². The van der Waals surface area contributed by atoms with Gasteiger partial charge < -0.3 is 25.5 Å². The van der Waals surface area contributed by atoms with Crippen LogP contribution < -0.4 is 10.6 Å². The zero-order chi connectivity index (χ0) is 24.1. The fourth-order valence-corrected chi connectivity index (χ4v) is 4.22. The summed E-state index contributed by atoms with van der Waals surface area (Å²) in [6.45, 7) is 1.84. The van der Waals surface area contributed by atoms with E-state index in [1.165, 1.54) is 12.5 Å². The minimum absolute atomic E-state index is 0.0441. The molecule has 0 aliphatic heterocycles. The van der Waals surface area contributed by atoms with Crippen molar-refractivity contribution in [1.82, 2.24) is 20.6 Å². The summed E-state index contributed by atoms with van der Waals surface area (Å²) in [7, 11) is 0. The van der Waals surface area contributed by atoms with Gasteiger partial charge in [0.05, 0.1) is 6.33 Å². The van der Waals surface area contributed by atoms with E-state index in [1.807, 2.05) is 48.5 Å². The first-order chi connectivity index (χ1) is 16.5. The van der Waals surface area contributed by atoms with Crippen LogP contribution in [0.3, 0.4) is 0 Å². The third kappa shape index (κ3) is 4.93. The molecule has 0 saturated carbocycles. The summed E-state index contributed by atoms with van der Waals surface area (Å²) in [4.78, 5) is 43.4. The molecule has 1 aliphatic rings. The molecule has 0 bridgehead atoms. The molecule has 2 aromatic carbocycles. The van der Waals surface area contributed by atoms with E-state index in [1.54, 1.807) is 6.92 Å². The first-order valence-corrected chi connectivity index (χ1v) is 11.1. The molecule has 0 fully saturated rings. The molecule has 1 heterocycles. The molecule has 0 radical (unpaired) electrons. The normalized spacial score (nSPS) is 13.9. The molecule has 4 rings (SSSR count). The number of alkyl carbamates (subject to hydrolysis) is 1. The smallest absolute Gasteiger partial charge is 0.407 e. The van der Waals surface area contributed by atoms with Crippen LogP contribution in [0, 0.1) is 0 Å². The number of fused-ring (bicyclic) bond motifs is 3. The number of hydrogen-bond acceptors (Lipinski definition) is 5. The van der Waals surface area contributed by atoms with E-state index in [0.29, 0.717) is 5.69 Å². The lowest BCUT2D eigenvalue weighted by Crippen LogP contribution is -2.52. The van der Waals surface area contributed by atoms with Crippen molar-refractivity contribution in [2.75, 3.05) is 6.61 Å². The lowest BCUT2D eigenvalue weighted by Gasteiger charge is -2.21. The minimum atomic E-state index is -1.18. The van der Waals surface area contributed by atoms with E-state index >= 15 is 0 Å². The molecule has 2 amide bonds. The minimum Gasteiger partial charge on any atom is -0.480 e. The second-order valence-electron chi connectivity index (χ2n) is 8.11. The molecule has 176 valence electrons. The number of carbonyl (C=O) groups excluding carboxylic acids is 2. The number of H-pyrrole nitrogens is 1. The lowest BCUT2D eigenvalue weighted by atomic mass is 9.98. The Labute approximate surface area is 196 Å². The fraction of sp³-hybridized carbons (Fsp3) is 0.280. The Morgan fingerprint density at radius 1 is 1.03 bits per heavy atom. The highest BCUT2D eigenvalue weighted by Crippen LogP contribution is 2.44. The number of aromatic nitrogens is 2. The quantitative estimate of drug-likeness (QED) is 0.386. The van der Waals surface area contributed by atoms with Gasteiger partial charge in [0, 0.05) is 24.2 Å². The van der Waals surface area contributed by atoms with E-state index < -0.39 is 30.1 Å². The summed E-state index contributed by atoms with van der Waals surface area (Å²) in [5, 5.41) is 14.5. The summed E-state index contributed by atoms with van der Waals surface area (Å²) in [5.74, 6) is -1.88. The van der Waals surface area contributed by atoms with Crippen molar-refractivity contribution in [2.24, 2.45) is 0 Å². The summed E-state index contributed by atoms with van der Waals surface area (Å²) < 4.78 is 5.50. The number of amides is 2. The molecular weight excluding hydrogens is 436 g/mol. The molecule has 9 nitrogen and oxygen atoms in total. The molecule has 9 heteroatoms. The van der Waals surface area contributed by atoms with Gasteiger partial charge in [-0.2, -0.15) is 0 Å². The first-order valence-electron chi connectivity index (χ1n) is 11.1. The van der Waals surface area contributed by atoms with Crippen LogP contribution in [0.4, 0.5) is 4.79 Å². The Kier molecular flexibility index (Phi) is 6.91. The molecular formula is C25H26N4O5. The van der Waals surface area contributed by atoms with Gasteiger partial charge in [-0.3, -0.25) is 4.79 Å². The average molecular weight is 463 g/mol. The molecule has 3 aromatic rings. The molecule has 0 saturated heterocycles. The predicted molar refractivity (Wildman–Crippen MR) is 124 cm³/mol. The van der Waals surface area contributed by atoms with Crippen LogP contribution in [-0.4, -0.2) is 51.7 Å². The number of aliphatic carboxylic acids is 1. The van der Waals surface area contributed by atoms with E-state index in [9.17, 15) is 19.5 Å². The number of rotatable bonds is 9. The standard InChI is InChI=1S/C25H26N4O5/c1-2-21(23(30)28-22(24(31)32)11-15-12-26-14-27-15)29-25(33)34-13-20-18-9-5-3-7-16(18)17-8-4-6-10-19(17)20/h3-10,12,14,20-22H,2,11,13H2,1H3,(H,26,27)(H,28,30)(H,29,33)(H,31,32)/t21?,22-/m1/s1. The molecule has 0 spiro atoms. The largest absolute Gasteiger partial charge is 0.480 e. The molecule has 2 atom stereocenters. The topological polar surface area (TPSA) is 133 Å². The number of carbonyl (C=O) groups is 3. The zero-order valence-corrected chi connectivity index (χ0v) is 18.7. The van der Waals surface area contributed by atoms with Crippen LogP contribution in [0.1, 0.15) is 36.1 Å². The fourth-order valence-electron chi connectivity index (χ4n) is 4.22. The van der Waals surface area contributed by atoms with Gasteiger partial charge in [-0.05, 0) is 28.7 Å². The third-order valence-corrected chi connectivity index (χ3v) is 5.95. The van der Waals surface area contributed by atoms with Gasteiger partial charge in [0.15, 0.2) is 0 Å². The van der Waals surface area contributed by atoms with Crippen LogP contribution in [0.25, 0.3) is 11.1 Å². The second kappa shape index (κ2) is 10.2. The van der Waals surface area contributed by atoms with Crippen molar-refractivity contribution in [2.45, 2.75) is 37.8 Å². The number of nitrogens with zero attached hydrogens (tertiary/aromatic N) is 1. The Bertz CT molecular complexity index is 1130. The van der Waals surface area contributed by atoms with Crippen molar-refractivity contribution >= 4 is 18.0 Å². The summed E-state index contributed by atoms with van der Waals surface area (Å²) in [5.41, 5.74) is 4.99. The van der Waals surface area contributed by atoms with Crippen LogP contribution in [0.5, 0.6) is 0 Å². The zero-order valence-electron chi connectivity index (χ0n) is 18.7. The number of aromatic amines is 1. The second-order valence-corrected chi connectivity index (χ2v) is 8.11. The average Bonchev–Trinajstić information content (AvgIpc) is 3.46. The van der Waals surface area contributed by atoms with E-state index in [0.717, 1.165) is 22.3 Å². The molecule has 1 aliphatic carbocycles. The van der Waals surface area contributed by atoms with Gasteiger partial charge in [0.25, 0.3) is 0 Å². The highest BCUT2D eigenvalue weighted by atomic mass is 16.5. The molecule has 1 unspecified atom stereocenters. The number of benzene rings is 2. The van der Waals surface area contributed by atoms with Gasteiger partial charge in [-0.15, -0.1) is 0 Å². The Balaban J connectivity index is 1.36. The maximum atomic E-state index is 12.7. The molecule has 4 N–H and O–H groups in total. The predicted octanol–water partition coefficient (Wildman–Crippen LogP) is 2.84. The van der Waals surface area contributed by atoms with E-state index in [-0.39, 0.29) is 25.4 Å². The maximum Gasteiger partial charge on any atom is 0.407 e. The van der Waals surface area contributed by atoms with Gasteiger partial charge in [0.1, 0.15) is 18.7 Å². The van der Waals surface area contributed by atoms with Crippen molar-refractivity contribution in [3.63, 3.8) is 0 Å².